The van der Waals surface area contributed by atoms with Crippen LogP contribution in [-0.4, -0.2) is 38.0 Å². The highest BCUT2D eigenvalue weighted by Crippen LogP contribution is 2.20. The summed E-state index contributed by atoms with van der Waals surface area (Å²) < 4.78 is 23.4. The summed E-state index contributed by atoms with van der Waals surface area (Å²) in [6.45, 7) is 5.87. The molecule has 2 fully saturated rings. The van der Waals surface area contributed by atoms with Crippen LogP contribution in [0.5, 0.6) is 0 Å². The predicted octanol–water partition coefficient (Wildman–Crippen LogP) is 4.58. The lowest BCUT2D eigenvalue weighted by atomic mass is 10.1. The van der Waals surface area contributed by atoms with Gasteiger partial charge in [-0.3, -0.25) is 0 Å². The molecule has 0 aliphatic carbocycles. The first-order valence-electron chi connectivity index (χ1n) is 9.45. The van der Waals surface area contributed by atoms with Gasteiger partial charge in [0.05, 0.1) is 12.2 Å². The molecule has 0 aromatic rings. The first-order chi connectivity index (χ1) is 11.3. The number of hydrogen-bond donors (Lipinski definition) is 0. The van der Waals surface area contributed by atoms with Gasteiger partial charge in [-0.15, -0.1) is 0 Å². The van der Waals surface area contributed by atoms with Gasteiger partial charge in [0.2, 0.25) is 0 Å². The van der Waals surface area contributed by atoms with E-state index in [1.54, 1.807) is 0 Å². The van der Waals surface area contributed by atoms with Crippen molar-refractivity contribution in [1.82, 2.24) is 0 Å². The van der Waals surface area contributed by atoms with Crippen LogP contribution in [0.25, 0.3) is 0 Å². The Balaban J connectivity index is 1.62. The molecular formula is C19H34O4. The van der Waals surface area contributed by atoms with Crippen LogP contribution in [0.15, 0.2) is 12.2 Å². The van der Waals surface area contributed by atoms with Gasteiger partial charge in [-0.25, -0.2) is 0 Å². The largest absolute Gasteiger partial charge is 0.353 e. The molecule has 23 heavy (non-hydrogen) atoms. The molecule has 2 aliphatic heterocycles. The van der Waals surface area contributed by atoms with E-state index in [9.17, 15) is 0 Å². The van der Waals surface area contributed by atoms with Gasteiger partial charge in [0.1, 0.15) is 0 Å². The minimum Gasteiger partial charge on any atom is -0.353 e. The second-order valence-corrected chi connectivity index (χ2v) is 6.67. The Morgan fingerprint density at radius 3 is 2.17 bits per heavy atom. The average Bonchev–Trinajstić information content (AvgIpc) is 2.57. The highest BCUT2D eigenvalue weighted by atomic mass is 16.7. The zero-order valence-corrected chi connectivity index (χ0v) is 14.9. The maximum absolute atomic E-state index is 6.09. The SMILES string of the molecule is C/C=C/[C@@H](CCC[C@@H](C)OC1CCCCO1)OC1CCCCO1. The van der Waals surface area contributed by atoms with Crippen LogP contribution in [-0.2, 0) is 18.9 Å². The standard InChI is InChI=1S/C19H34O4/c1-3-9-17(23-19-13-5-7-15-21-19)11-8-10-16(2)22-18-12-4-6-14-20-18/h3,9,16-19H,4-8,10-15H2,1-2H3/b9-3+/t16-,17+,18?,19?/m1/s1. The van der Waals surface area contributed by atoms with E-state index in [0.29, 0.717) is 0 Å². The molecule has 0 saturated carbocycles. The Kier molecular flexibility index (Phi) is 9.20. The zero-order chi connectivity index (χ0) is 16.3. The van der Waals surface area contributed by atoms with Gasteiger partial charge in [-0.2, -0.15) is 0 Å². The van der Waals surface area contributed by atoms with Crippen molar-refractivity contribution in [2.45, 2.75) is 96.4 Å². The smallest absolute Gasteiger partial charge is 0.158 e. The molecule has 0 aromatic heterocycles. The second-order valence-electron chi connectivity index (χ2n) is 6.67. The molecule has 2 aliphatic rings. The summed E-state index contributed by atoms with van der Waals surface area (Å²) in [4.78, 5) is 0. The quantitative estimate of drug-likeness (QED) is 0.581. The summed E-state index contributed by atoms with van der Waals surface area (Å²) in [6.07, 6.45) is 14.6. The summed E-state index contributed by atoms with van der Waals surface area (Å²) in [5.41, 5.74) is 0. The maximum Gasteiger partial charge on any atom is 0.158 e. The van der Waals surface area contributed by atoms with Crippen molar-refractivity contribution in [1.29, 1.82) is 0 Å². The Labute approximate surface area is 141 Å². The van der Waals surface area contributed by atoms with Crippen molar-refractivity contribution in [3.63, 3.8) is 0 Å². The predicted molar refractivity (Wildman–Crippen MR) is 91.3 cm³/mol. The van der Waals surface area contributed by atoms with E-state index in [1.807, 2.05) is 6.92 Å². The van der Waals surface area contributed by atoms with Crippen molar-refractivity contribution in [2.24, 2.45) is 0 Å². The normalized spacial score (nSPS) is 28.8. The molecule has 0 amide bonds. The number of rotatable bonds is 9. The Morgan fingerprint density at radius 1 is 0.957 bits per heavy atom. The van der Waals surface area contributed by atoms with E-state index in [0.717, 1.165) is 51.7 Å². The molecule has 4 heteroatoms. The van der Waals surface area contributed by atoms with Crippen LogP contribution in [0.1, 0.15) is 71.6 Å². The molecule has 4 atom stereocenters. The molecular weight excluding hydrogens is 292 g/mol. The van der Waals surface area contributed by atoms with Crippen molar-refractivity contribution >= 4 is 0 Å². The first kappa shape index (κ1) is 18.9. The molecule has 0 bridgehead atoms. The fraction of sp³-hybridized carbons (Fsp3) is 0.895. The fourth-order valence-electron chi connectivity index (χ4n) is 3.19. The third kappa shape index (κ3) is 7.79. The minimum atomic E-state index is -0.0192. The third-order valence-electron chi connectivity index (χ3n) is 4.49. The molecule has 0 aromatic carbocycles. The summed E-state index contributed by atoms with van der Waals surface area (Å²) in [6, 6.07) is 0. The van der Waals surface area contributed by atoms with Crippen molar-refractivity contribution in [2.75, 3.05) is 13.2 Å². The lowest BCUT2D eigenvalue weighted by Crippen LogP contribution is -2.28. The van der Waals surface area contributed by atoms with Gasteiger partial charge in [0.25, 0.3) is 0 Å². The van der Waals surface area contributed by atoms with Crippen LogP contribution in [0.3, 0.4) is 0 Å². The first-order valence-corrected chi connectivity index (χ1v) is 9.45. The van der Waals surface area contributed by atoms with Crippen molar-refractivity contribution in [3.8, 4) is 0 Å². The highest BCUT2D eigenvalue weighted by molar-refractivity contribution is 4.87. The van der Waals surface area contributed by atoms with E-state index in [4.69, 9.17) is 18.9 Å². The molecule has 2 saturated heterocycles. The van der Waals surface area contributed by atoms with Gasteiger partial charge < -0.3 is 18.9 Å². The summed E-state index contributed by atoms with van der Waals surface area (Å²) in [5.74, 6) is 0. The van der Waals surface area contributed by atoms with Crippen LogP contribution < -0.4 is 0 Å². The molecule has 0 N–H and O–H groups in total. The molecule has 4 nitrogen and oxygen atoms in total. The second kappa shape index (κ2) is 11.2. The van der Waals surface area contributed by atoms with Crippen LogP contribution in [0.2, 0.25) is 0 Å². The monoisotopic (exact) mass is 326 g/mol. The van der Waals surface area contributed by atoms with Gasteiger partial charge in [-0.1, -0.05) is 12.2 Å². The van der Waals surface area contributed by atoms with E-state index >= 15 is 0 Å². The lowest BCUT2D eigenvalue weighted by molar-refractivity contribution is -0.187. The molecule has 0 radical (unpaired) electrons. The molecule has 134 valence electrons. The summed E-state index contributed by atoms with van der Waals surface area (Å²) in [5, 5.41) is 0. The number of hydrogen-bond acceptors (Lipinski definition) is 4. The molecule has 0 spiro atoms. The van der Waals surface area contributed by atoms with Gasteiger partial charge in [0, 0.05) is 13.2 Å². The van der Waals surface area contributed by atoms with Crippen LogP contribution in [0.4, 0.5) is 0 Å². The number of ether oxygens (including phenoxy) is 4. The Hall–Kier alpha value is -0.420. The zero-order valence-electron chi connectivity index (χ0n) is 14.9. The Morgan fingerprint density at radius 2 is 1.61 bits per heavy atom. The highest BCUT2D eigenvalue weighted by Gasteiger charge is 2.20. The van der Waals surface area contributed by atoms with Crippen LogP contribution in [0, 0.1) is 0 Å². The maximum atomic E-state index is 6.09. The molecule has 2 unspecified atom stereocenters. The van der Waals surface area contributed by atoms with E-state index in [1.165, 1.54) is 19.3 Å². The summed E-state index contributed by atoms with van der Waals surface area (Å²) in [7, 11) is 0. The van der Waals surface area contributed by atoms with Crippen LogP contribution >= 0.6 is 0 Å². The minimum absolute atomic E-state index is 0.0111. The topological polar surface area (TPSA) is 36.9 Å². The van der Waals surface area contributed by atoms with Gasteiger partial charge in [0.15, 0.2) is 12.6 Å². The van der Waals surface area contributed by atoms with E-state index in [2.05, 4.69) is 19.1 Å². The molecule has 2 heterocycles. The van der Waals surface area contributed by atoms with Gasteiger partial charge >= 0.3 is 0 Å². The summed E-state index contributed by atoms with van der Waals surface area (Å²) >= 11 is 0. The van der Waals surface area contributed by atoms with Crippen molar-refractivity contribution < 1.29 is 18.9 Å². The van der Waals surface area contributed by atoms with E-state index in [-0.39, 0.29) is 24.8 Å². The average molecular weight is 326 g/mol. The Bertz CT molecular complexity index is 319. The third-order valence-corrected chi connectivity index (χ3v) is 4.49. The fourth-order valence-corrected chi connectivity index (χ4v) is 3.19. The van der Waals surface area contributed by atoms with E-state index < -0.39 is 0 Å². The lowest BCUT2D eigenvalue weighted by Gasteiger charge is -2.27. The van der Waals surface area contributed by atoms with Crippen molar-refractivity contribution in [3.05, 3.63) is 12.2 Å². The number of allylic oxidation sites excluding steroid dienone is 1. The molecule has 2 rings (SSSR count). The van der Waals surface area contributed by atoms with Gasteiger partial charge in [-0.05, 0) is 71.6 Å².